The maximum atomic E-state index is 11.1. The van der Waals surface area contributed by atoms with Gasteiger partial charge in [-0.05, 0) is 93.1 Å². The van der Waals surface area contributed by atoms with Gasteiger partial charge in [-0.3, -0.25) is 9.79 Å². The van der Waals surface area contributed by atoms with E-state index in [0.717, 1.165) is 29.9 Å². The van der Waals surface area contributed by atoms with Gasteiger partial charge in [0.1, 0.15) is 0 Å². The number of carbonyl (C=O) groups is 1. The Morgan fingerprint density at radius 3 is 2.57 bits per heavy atom. The molecular weight excluding hydrogens is 346 g/mol. The third kappa shape index (κ3) is 4.11. The van der Waals surface area contributed by atoms with Crippen LogP contribution in [0, 0.1) is 6.92 Å². The molecule has 1 atom stereocenters. The molecule has 2 aromatic rings. The fraction of sp³-hybridized carbons (Fsp3) is 0.417. The number of fused-ring (bicyclic) bond motifs is 1. The van der Waals surface area contributed by atoms with E-state index < -0.39 is 0 Å². The van der Waals surface area contributed by atoms with Crippen molar-refractivity contribution in [1.82, 2.24) is 0 Å². The minimum absolute atomic E-state index is 0.0700. The molecule has 1 unspecified atom stereocenters. The predicted octanol–water partition coefficient (Wildman–Crippen LogP) is 5.82. The summed E-state index contributed by atoms with van der Waals surface area (Å²) in [5.41, 5.74) is 7.00. The van der Waals surface area contributed by atoms with Crippen LogP contribution in [0.25, 0.3) is 0 Å². The molecule has 1 heterocycles. The van der Waals surface area contributed by atoms with E-state index in [1.54, 1.807) is 0 Å². The Labute approximate surface area is 168 Å². The summed E-state index contributed by atoms with van der Waals surface area (Å²) in [6.07, 6.45) is 3.10. The topological polar surface area (TPSA) is 44.7 Å². The van der Waals surface area contributed by atoms with Crippen molar-refractivity contribution in [2.45, 2.75) is 59.4 Å². The molecule has 0 aliphatic carbocycles. The van der Waals surface area contributed by atoms with Crippen molar-refractivity contribution in [2.75, 3.05) is 16.8 Å². The Morgan fingerprint density at radius 2 is 1.96 bits per heavy atom. The summed E-state index contributed by atoms with van der Waals surface area (Å²) in [5.74, 6) is 0.455. The quantitative estimate of drug-likeness (QED) is 0.683. The zero-order valence-electron chi connectivity index (χ0n) is 17.8. The largest absolute Gasteiger partial charge is 0.366 e. The minimum Gasteiger partial charge on any atom is -0.366 e. The lowest BCUT2D eigenvalue weighted by atomic mass is 9.79. The number of hydrogen-bond acceptors (Lipinski definition) is 3. The second-order valence-corrected chi connectivity index (χ2v) is 8.42. The Balaban J connectivity index is 1.89. The Kier molecular flexibility index (Phi) is 5.59. The van der Waals surface area contributed by atoms with Gasteiger partial charge in [0.05, 0.1) is 5.69 Å². The van der Waals surface area contributed by atoms with Crippen LogP contribution in [0.5, 0.6) is 0 Å². The van der Waals surface area contributed by atoms with Gasteiger partial charge in [0.15, 0.2) is 0 Å². The lowest BCUT2D eigenvalue weighted by Crippen LogP contribution is -2.48. The first-order valence-corrected chi connectivity index (χ1v) is 10.0. The smallest absolute Gasteiger partial charge is 0.221 e. The van der Waals surface area contributed by atoms with Crippen molar-refractivity contribution >= 4 is 29.2 Å². The van der Waals surface area contributed by atoms with E-state index >= 15 is 0 Å². The molecule has 148 valence electrons. The number of nitrogens with one attached hydrogen (secondary N) is 1. The Bertz CT molecular complexity index is 897. The van der Waals surface area contributed by atoms with Crippen LogP contribution in [-0.2, 0) is 4.79 Å². The average Bonchev–Trinajstić information content (AvgIpc) is 2.60. The number of nitrogens with zero attached hydrogens (tertiary/aromatic N) is 2. The summed E-state index contributed by atoms with van der Waals surface area (Å²) in [6.45, 7) is 13.9. The summed E-state index contributed by atoms with van der Waals surface area (Å²) in [5, 5.41) is 2.77. The van der Waals surface area contributed by atoms with Crippen LogP contribution in [0.15, 0.2) is 41.4 Å². The number of amides is 1. The molecule has 28 heavy (non-hydrogen) atoms. The van der Waals surface area contributed by atoms with E-state index in [1.165, 1.54) is 23.7 Å². The predicted molar refractivity (Wildman–Crippen MR) is 119 cm³/mol. The normalized spacial score (nSPS) is 18.2. The van der Waals surface area contributed by atoms with Gasteiger partial charge in [0, 0.05) is 36.6 Å². The highest BCUT2D eigenvalue weighted by Crippen LogP contribution is 2.44. The van der Waals surface area contributed by atoms with Gasteiger partial charge in [-0.1, -0.05) is 6.92 Å². The molecule has 0 bridgehead atoms. The number of aliphatic imine (C=N–C) groups is 1. The molecule has 0 saturated heterocycles. The van der Waals surface area contributed by atoms with Crippen molar-refractivity contribution in [3.05, 3.63) is 53.1 Å². The first kappa shape index (κ1) is 20.1. The van der Waals surface area contributed by atoms with E-state index in [0.29, 0.717) is 5.92 Å². The summed E-state index contributed by atoms with van der Waals surface area (Å²) < 4.78 is 0. The van der Waals surface area contributed by atoms with Gasteiger partial charge in [-0.2, -0.15) is 0 Å². The second kappa shape index (κ2) is 7.78. The van der Waals surface area contributed by atoms with E-state index in [9.17, 15) is 4.79 Å². The van der Waals surface area contributed by atoms with Crippen LogP contribution in [0.4, 0.5) is 17.1 Å². The molecule has 2 aromatic carbocycles. The molecule has 0 aromatic heterocycles. The molecule has 1 amide bonds. The number of benzene rings is 2. The fourth-order valence-corrected chi connectivity index (χ4v) is 4.37. The number of aryl methyl sites for hydroxylation is 1. The maximum absolute atomic E-state index is 11.1. The van der Waals surface area contributed by atoms with Crippen molar-refractivity contribution in [3.8, 4) is 0 Å². The van der Waals surface area contributed by atoms with Gasteiger partial charge in [-0.15, -0.1) is 0 Å². The van der Waals surface area contributed by atoms with Gasteiger partial charge < -0.3 is 10.2 Å². The summed E-state index contributed by atoms with van der Waals surface area (Å²) in [6, 6.07) is 12.2. The molecule has 1 N–H and O–H groups in total. The molecule has 0 fully saturated rings. The van der Waals surface area contributed by atoms with Gasteiger partial charge in [0.25, 0.3) is 0 Å². The highest BCUT2D eigenvalue weighted by molar-refractivity contribution is 5.89. The highest BCUT2D eigenvalue weighted by Gasteiger charge is 2.35. The summed E-state index contributed by atoms with van der Waals surface area (Å²) in [4.78, 5) is 18.3. The van der Waals surface area contributed by atoms with E-state index in [1.807, 2.05) is 30.5 Å². The van der Waals surface area contributed by atoms with Gasteiger partial charge >= 0.3 is 0 Å². The zero-order valence-corrected chi connectivity index (χ0v) is 17.8. The van der Waals surface area contributed by atoms with Crippen LogP contribution in [-0.4, -0.2) is 24.2 Å². The lowest BCUT2D eigenvalue weighted by Gasteiger charge is -2.47. The van der Waals surface area contributed by atoms with Gasteiger partial charge in [-0.25, -0.2) is 0 Å². The van der Waals surface area contributed by atoms with Crippen LogP contribution in [0.2, 0.25) is 0 Å². The lowest BCUT2D eigenvalue weighted by molar-refractivity contribution is -0.114. The number of rotatable bonds is 4. The van der Waals surface area contributed by atoms with E-state index in [2.05, 4.69) is 62.0 Å². The fourth-order valence-electron chi connectivity index (χ4n) is 4.37. The van der Waals surface area contributed by atoms with Gasteiger partial charge in [0.2, 0.25) is 5.91 Å². The molecule has 3 rings (SSSR count). The Hall–Kier alpha value is -2.62. The minimum atomic E-state index is -0.0700. The third-order valence-electron chi connectivity index (χ3n) is 5.63. The van der Waals surface area contributed by atoms with Crippen molar-refractivity contribution in [1.29, 1.82) is 0 Å². The first-order chi connectivity index (χ1) is 13.2. The first-order valence-electron chi connectivity index (χ1n) is 10.0. The van der Waals surface area contributed by atoms with E-state index in [-0.39, 0.29) is 11.4 Å². The molecule has 0 saturated carbocycles. The SMILES string of the molecule is CCN1c2cc(C)c(C=Nc3ccc(NC(C)=O)cc3)cc2C(C)CC1(C)C. The molecule has 4 heteroatoms. The van der Waals surface area contributed by atoms with Crippen LogP contribution >= 0.6 is 0 Å². The summed E-state index contributed by atoms with van der Waals surface area (Å²) >= 11 is 0. The van der Waals surface area contributed by atoms with Crippen molar-refractivity contribution in [3.63, 3.8) is 0 Å². The molecule has 0 radical (unpaired) electrons. The van der Waals surface area contributed by atoms with Crippen molar-refractivity contribution < 1.29 is 4.79 Å². The van der Waals surface area contributed by atoms with Crippen LogP contribution < -0.4 is 10.2 Å². The standard InChI is InChI=1S/C24H31N3O/c1-7-27-23-12-16(2)19(13-22(23)17(3)14-24(27,5)6)15-25-20-8-10-21(11-9-20)26-18(4)28/h8-13,15,17H,7,14H2,1-6H3,(H,26,28). The molecule has 1 aliphatic rings. The maximum Gasteiger partial charge on any atom is 0.221 e. The molecular formula is C24H31N3O. The number of anilines is 2. The number of hydrogen-bond donors (Lipinski definition) is 1. The third-order valence-corrected chi connectivity index (χ3v) is 5.63. The average molecular weight is 378 g/mol. The van der Waals surface area contributed by atoms with Crippen LogP contribution in [0.3, 0.4) is 0 Å². The van der Waals surface area contributed by atoms with E-state index in [4.69, 9.17) is 0 Å². The van der Waals surface area contributed by atoms with Crippen LogP contribution in [0.1, 0.15) is 63.6 Å². The Morgan fingerprint density at radius 1 is 1.29 bits per heavy atom. The number of carbonyl (C=O) groups excluding carboxylic acids is 1. The summed E-state index contributed by atoms with van der Waals surface area (Å²) in [7, 11) is 0. The highest BCUT2D eigenvalue weighted by atomic mass is 16.1. The monoisotopic (exact) mass is 377 g/mol. The molecule has 0 spiro atoms. The van der Waals surface area contributed by atoms with Crippen molar-refractivity contribution in [2.24, 2.45) is 4.99 Å². The molecule has 1 aliphatic heterocycles. The second-order valence-electron chi connectivity index (χ2n) is 8.42. The zero-order chi connectivity index (χ0) is 20.5. The molecule has 4 nitrogen and oxygen atoms in total.